The van der Waals surface area contributed by atoms with Crippen LogP contribution in [0.4, 0.5) is 11.4 Å². The summed E-state index contributed by atoms with van der Waals surface area (Å²) in [5.41, 5.74) is 3.38. The summed E-state index contributed by atoms with van der Waals surface area (Å²) < 4.78 is 0. The number of fused-ring (bicyclic) bond motifs is 1. The molecule has 0 aliphatic heterocycles. The summed E-state index contributed by atoms with van der Waals surface area (Å²) >= 11 is 0. The summed E-state index contributed by atoms with van der Waals surface area (Å²) in [6.07, 6.45) is 0.620. The number of anilines is 2. The van der Waals surface area contributed by atoms with Gasteiger partial charge in [-0.2, -0.15) is 0 Å². The zero-order valence-electron chi connectivity index (χ0n) is 16.5. The smallest absolute Gasteiger partial charge is 0.228 e. The molecule has 0 fully saturated rings. The quantitative estimate of drug-likeness (QED) is 0.472. The fourth-order valence-corrected chi connectivity index (χ4v) is 3.48. The van der Waals surface area contributed by atoms with E-state index in [0.29, 0.717) is 12.8 Å². The van der Waals surface area contributed by atoms with Gasteiger partial charge in [-0.05, 0) is 23.3 Å². The summed E-state index contributed by atoms with van der Waals surface area (Å²) in [7, 11) is 0. The Labute approximate surface area is 175 Å². The maximum atomic E-state index is 12.5. The Morgan fingerprint density at radius 3 is 1.30 bits per heavy atom. The SMILES string of the molecule is O=C(Cc1ccccc1)Nc1cccc2c(NC(=O)Cc3ccccc3)cccc12. The van der Waals surface area contributed by atoms with Gasteiger partial charge in [-0.25, -0.2) is 0 Å². The minimum absolute atomic E-state index is 0.0767. The zero-order valence-corrected chi connectivity index (χ0v) is 16.5. The summed E-state index contributed by atoms with van der Waals surface area (Å²) in [5.74, 6) is -0.153. The molecule has 4 nitrogen and oxygen atoms in total. The lowest BCUT2D eigenvalue weighted by molar-refractivity contribution is -0.116. The molecular weight excluding hydrogens is 372 g/mol. The van der Waals surface area contributed by atoms with Gasteiger partial charge in [-0.3, -0.25) is 9.59 Å². The number of nitrogens with one attached hydrogen (secondary N) is 2. The Bertz CT molecular complexity index is 1080. The van der Waals surface area contributed by atoms with Crippen LogP contribution in [0.1, 0.15) is 11.1 Å². The third-order valence-electron chi connectivity index (χ3n) is 4.89. The van der Waals surface area contributed by atoms with E-state index in [2.05, 4.69) is 10.6 Å². The second-order valence-corrected chi connectivity index (χ2v) is 7.13. The highest BCUT2D eigenvalue weighted by molar-refractivity contribution is 6.09. The minimum Gasteiger partial charge on any atom is -0.325 e. The first kappa shape index (κ1) is 19.4. The standard InChI is InChI=1S/C26H22N2O2/c29-25(17-19-9-3-1-4-10-19)27-23-15-7-14-22-21(23)13-8-16-24(22)28-26(30)18-20-11-5-2-6-12-20/h1-16H,17-18H2,(H,27,29)(H,28,30). The van der Waals surface area contributed by atoms with Crippen molar-refractivity contribution in [3.8, 4) is 0 Å². The molecule has 4 heteroatoms. The highest BCUT2D eigenvalue weighted by atomic mass is 16.2. The summed E-state index contributed by atoms with van der Waals surface area (Å²) in [6.45, 7) is 0. The number of carbonyl (C=O) groups is 2. The first-order valence-electron chi connectivity index (χ1n) is 9.88. The summed E-state index contributed by atoms with van der Waals surface area (Å²) in [4.78, 5) is 25.0. The summed E-state index contributed by atoms with van der Waals surface area (Å²) in [6, 6.07) is 30.7. The maximum absolute atomic E-state index is 12.5. The van der Waals surface area contributed by atoms with Crippen molar-refractivity contribution in [1.29, 1.82) is 0 Å². The van der Waals surface area contributed by atoms with Gasteiger partial charge in [-0.1, -0.05) is 84.9 Å². The van der Waals surface area contributed by atoms with Crippen LogP contribution in [-0.4, -0.2) is 11.8 Å². The average molecular weight is 394 g/mol. The second-order valence-electron chi connectivity index (χ2n) is 7.13. The largest absolute Gasteiger partial charge is 0.325 e. The second kappa shape index (κ2) is 9.05. The van der Waals surface area contributed by atoms with Crippen LogP contribution < -0.4 is 10.6 Å². The third kappa shape index (κ3) is 4.73. The van der Waals surface area contributed by atoms with Crippen LogP contribution in [0.25, 0.3) is 10.8 Å². The first-order chi connectivity index (χ1) is 14.7. The highest BCUT2D eigenvalue weighted by Gasteiger charge is 2.11. The van der Waals surface area contributed by atoms with E-state index >= 15 is 0 Å². The Morgan fingerprint density at radius 1 is 0.500 bits per heavy atom. The van der Waals surface area contributed by atoms with Gasteiger partial charge in [0.05, 0.1) is 12.8 Å². The van der Waals surface area contributed by atoms with Crippen LogP contribution in [0.2, 0.25) is 0 Å². The zero-order chi connectivity index (χ0) is 20.8. The van der Waals surface area contributed by atoms with Crippen molar-refractivity contribution in [2.45, 2.75) is 12.8 Å². The van der Waals surface area contributed by atoms with Gasteiger partial charge in [0.25, 0.3) is 0 Å². The van der Waals surface area contributed by atoms with Gasteiger partial charge in [0.1, 0.15) is 0 Å². The molecule has 4 aromatic rings. The molecule has 4 rings (SSSR count). The van der Waals surface area contributed by atoms with Crippen molar-refractivity contribution < 1.29 is 9.59 Å². The molecule has 0 saturated carbocycles. The molecule has 148 valence electrons. The van der Waals surface area contributed by atoms with Gasteiger partial charge < -0.3 is 10.6 Å². The van der Waals surface area contributed by atoms with Crippen molar-refractivity contribution in [2.24, 2.45) is 0 Å². The van der Waals surface area contributed by atoms with Gasteiger partial charge in [-0.15, -0.1) is 0 Å². The van der Waals surface area contributed by atoms with Crippen LogP contribution in [0.3, 0.4) is 0 Å². The number of amides is 2. The Hall–Kier alpha value is -3.92. The fraction of sp³-hybridized carbons (Fsp3) is 0.0769. The van der Waals surface area contributed by atoms with Crippen molar-refractivity contribution in [1.82, 2.24) is 0 Å². The summed E-state index contributed by atoms with van der Waals surface area (Å²) in [5, 5.41) is 7.78. The Kier molecular flexibility index (Phi) is 5.85. The number of hydrogen-bond donors (Lipinski definition) is 2. The molecule has 0 aliphatic rings. The van der Waals surface area contributed by atoms with Crippen LogP contribution in [0.5, 0.6) is 0 Å². The lowest BCUT2D eigenvalue weighted by Gasteiger charge is -2.13. The number of benzene rings is 4. The molecule has 0 bridgehead atoms. The number of hydrogen-bond acceptors (Lipinski definition) is 2. The van der Waals surface area contributed by atoms with Gasteiger partial charge in [0, 0.05) is 22.1 Å². The van der Waals surface area contributed by atoms with Crippen LogP contribution in [0, 0.1) is 0 Å². The predicted molar refractivity (Wildman–Crippen MR) is 121 cm³/mol. The van der Waals surface area contributed by atoms with Crippen LogP contribution in [0.15, 0.2) is 97.1 Å². The topological polar surface area (TPSA) is 58.2 Å². The van der Waals surface area contributed by atoms with Gasteiger partial charge in [0.2, 0.25) is 11.8 Å². The molecule has 0 saturated heterocycles. The monoisotopic (exact) mass is 394 g/mol. The molecule has 4 aromatic carbocycles. The van der Waals surface area contributed by atoms with Crippen LogP contribution in [-0.2, 0) is 22.4 Å². The Balaban J connectivity index is 1.52. The van der Waals surface area contributed by atoms with E-state index in [1.54, 1.807) is 0 Å². The molecular formula is C26H22N2O2. The van der Waals surface area contributed by atoms with E-state index in [1.165, 1.54) is 0 Å². The normalized spacial score (nSPS) is 10.5. The van der Waals surface area contributed by atoms with Crippen molar-refractivity contribution >= 4 is 34.0 Å². The van der Waals surface area contributed by atoms with Gasteiger partial charge >= 0.3 is 0 Å². The van der Waals surface area contributed by atoms with E-state index in [0.717, 1.165) is 33.3 Å². The predicted octanol–water partition coefficient (Wildman–Crippen LogP) is 5.20. The lowest BCUT2D eigenvalue weighted by Crippen LogP contribution is -2.15. The van der Waals surface area contributed by atoms with E-state index < -0.39 is 0 Å². The van der Waals surface area contributed by atoms with E-state index in [4.69, 9.17) is 0 Å². The minimum atomic E-state index is -0.0767. The van der Waals surface area contributed by atoms with Crippen molar-refractivity contribution in [2.75, 3.05) is 10.6 Å². The third-order valence-corrected chi connectivity index (χ3v) is 4.89. The molecule has 0 heterocycles. The molecule has 0 atom stereocenters. The van der Waals surface area contributed by atoms with E-state index in [-0.39, 0.29) is 11.8 Å². The first-order valence-corrected chi connectivity index (χ1v) is 9.88. The van der Waals surface area contributed by atoms with Gasteiger partial charge in [0.15, 0.2) is 0 Å². The molecule has 2 amide bonds. The van der Waals surface area contributed by atoms with Crippen molar-refractivity contribution in [3.05, 3.63) is 108 Å². The maximum Gasteiger partial charge on any atom is 0.228 e. The number of carbonyl (C=O) groups excluding carboxylic acids is 2. The van der Waals surface area contributed by atoms with E-state index in [1.807, 2.05) is 97.1 Å². The average Bonchev–Trinajstić information content (AvgIpc) is 2.76. The molecule has 0 aliphatic carbocycles. The van der Waals surface area contributed by atoms with Crippen molar-refractivity contribution in [3.63, 3.8) is 0 Å². The molecule has 0 radical (unpaired) electrons. The molecule has 2 N–H and O–H groups in total. The lowest BCUT2D eigenvalue weighted by atomic mass is 10.1. The molecule has 0 spiro atoms. The highest BCUT2D eigenvalue weighted by Crippen LogP contribution is 2.29. The fourth-order valence-electron chi connectivity index (χ4n) is 3.48. The Morgan fingerprint density at radius 2 is 0.900 bits per heavy atom. The van der Waals surface area contributed by atoms with Crippen LogP contribution >= 0.6 is 0 Å². The van der Waals surface area contributed by atoms with E-state index in [9.17, 15) is 9.59 Å². The number of rotatable bonds is 6. The molecule has 30 heavy (non-hydrogen) atoms. The molecule has 0 aromatic heterocycles. The molecule has 0 unspecified atom stereocenters.